The predicted octanol–water partition coefficient (Wildman–Crippen LogP) is 4.09. The standard InChI is InChI=1S/C24H31NO3Si/c1-24(2,3)29(20-10-6-4-7-11-20,21-12-8-5-9-13-21)28-17-19-15-14-18-16-22(18)25(19)23(26)27/h4-13,18-19,22H,14-17H2,1-3H3,(H,26,27)/t18-,19-,22+/m0/s1. The van der Waals surface area contributed by atoms with Gasteiger partial charge in [0.05, 0.1) is 12.6 Å². The highest BCUT2D eigenvalue weighted by Crippen LogP contribution is 2.46. The molecule has 0 bridgehead atoms. The maximum absolute atomic E-state index is 11.9. The normalized spacial score (nSPS) is 24.1. The molecule has 1 aliphatic heterocycles. The molecule has 1 N–H and O–H groups in total. The summed E-state index contributed by atoms with van der Waals surface area (Å²) in [6.07, 6.45) is 2.23. The Balaban J connectivity index is 1.72. The minimum atomic E-state index is -2.63. The van der Waals surface area contributed by atoms with Gasteiger partial charge in [-0.15, -0.1) is 0 Å². The first-order valence-corrected chi connectivity index (χ1v) is 12.5. The molecule has 3 atom stereocenters. The number of rotatable bonds is 5. The van der Waals surface area contributed by atoms with E-state index >= 15 is 0 Å². The molecule has 2 fully saturated rings. The number of fused-ring (bicyclic) bond motifs is 1. The topological polar surface area (TPSA) is 49.8 Å². The van der Waals surface area contributed by atoms with Crippen LogP contribution in [0, 0.1) is 5.92 Å². The molecule has 2 aromatic rings. The summed E-state index contributed by atoms with van der Waals surface area (Å²) in [5.41, 5.74) is 0. The molecule has 154 valence electrons. The van der Waals surface area contributed by atoms with Gasteiger partial charge in [-0.25, -0.2) is 4.79 Å². The number of nitrogens with zero attached hydrogens (tertiary/aromatic N) is 1. The van der Waals surface area contributed by atoms with Gasteiger partial charge in [0.1, 0.15) is 0 Å². The van der Waals surface area contributed by atoms with Crippen molar-refractivity contribution in [3.05, 3.63) is 60.7 Å². The molecule has 1 amide bonds. The molecular formula is C24H31NO3Si. The van der Waals surface area contributed by atoms with Gasteiger partial charge in [0.2, 0.25) is 0 Å². The fourth-order valence-corrected chi connectivity index (χ4v) is 9.74. The molecule has 5 heteroatoms. The average molecular weight is 410 g/mol. The quantitative estimate of drug-likeness (QED) is 0.757. The van der Waals surface area contributed by atoms with Gasteiger partial charge in [0.25, 0.3) is 8.32 Å². The van der Waals surface area contributed by atoms with Crippen molar-refractivity contribution in [2.24, 2.45) is 5.92 Å². The number of hydrogen-bond donors (Lipinski definition) is 1. The predicted molar refractivity (Wildman–Crippen MR) is 118 cm³/mol. The molecular weight excluding hydrogens is 378 g/mol. The zero-order valence-electron chi connectivity index (χ0n) is 17.5. The summed E-state index contributed by atoms with van der Waals surface area (Å²) in [4.78, 5) is 13.6. The monoisotopic (exact) mass is 409 g/mol. The summed E-state index contributed by atoms with van der Waals surface area (Å²) in [5.74, 6) is 0.565. The van der Waals surface area contributed by atoms with Gasteiger partial charge in [0.15, 0.2) is 0 Å². The molecule has 1 saturated carbocycles. The van der Waals surface area contributed by atoms with Crippen LogP contribution < -0.4 is 10.4 Å². The van der Waals surface area contributed by atoms with Crippen molar-refractivity contribution in [1.82, 2.24) is 4.90 Å². The van der Waals surface area contributed by atoms with E-state index in [2.05, 4.69) is 69.3 Å². The fraction of sp³-hybridized carbons (Fsp3) is 0.458. The largest absolute Gasteiger partial charge is 0.465 e. The zero-order valence-corrected chi connectivity index (χ0v) is 18.5. The third-order valence-electron chi connectivity index (χ3n) is 6.64. The summed E-state index contributed by atoms with van der Waals surface area (Å²) < 4.78 is 6.99. The Hall–Kier alpha value is -2.11. The van der Waals surface area contributed by atoms with Crippen molar-refractivity contribution in [2.45, 2.75) is 57.2 Å². The van der Waals surface area contributed by atoms with E-state index < -0.39 is 14.4 Å². The number of amides is 1. The van der Waals surface area contributed by atoms with Crippen LogP contribution in [0.1, 0.15) is 40.0 Å². The van der Waals surface area contributed by atoms with Crippen molar-refractivity contribution in [3.63, 3.8) is 0 Å². The molecule has 4 nitrogen and oxygen atoms in total. The number of piperidine rings is 1. The fourth-order valence-electron chi connectivity index (χ4n) is 5.14. The number of likely N-dealkylation sites (tertiary alicyclic amines) is 1. The molecule has 0 spiro atoms. The number of hydrogen-bond acceptors (Lipinski definition) is 2. The lowest BCUT2D eigenvalue weighted by molar-refractivity contribution is 0.0760. The van der Waals surface area contributed by atoms with E-state index in [4.69, 9.17) is 4.43 Å². The van der Waals surface area contributed by atoms with Crippen LogP contribution in [0.25, 0.3) is 0 Å². The first-order valence-electron chi connectivity index (χ1n) is 10.6. The first-order chi connectivity index (χ1) is 13.8. The number of benzene rings is 2. The lowest BCUT2D eigenvalue weighted by Crippen LogP contribution is -2.67. The lowest BCUT2D eigenvalue weighted by Gasteiger charge is -2.45. The Morgan fingerprint density at radius 1 is 1.03 bits per heavy atom. The van der Waals surface area contributed by atoms with Gasteiger partial charge in [0, 0.05) is 6.04 Å². The molecule has 1 saturated heterocycles. The highest BCUT2D eigenvalue weighted by molar-refractivity contribution is 6.99. The van der Waals surface area contributed by atoms with Crippen LogP contribution in [0.2, 0.25) is 5.04 Å². The minimum Gasteiger partial charge on any atom is -0.465 e. The molecule has 0 radical (unpaired) electrons. The van der Waals surface area contributed by atoms with Gasteiger partial charge in [-0.2, -0.15) is 0 Å². The summed E-state index contributed by atoms with van der Waals surface area (Å²) in [5, 5.41) is 12.2. The summed E-state index contributed by atoms with van der Waals surface area (Å²) in [7, 11) is -2.63. The van der Waals surface area contributed by atoms with Crippen LogP contribution in [0.4, 0.5) is 4.79 Å². The zero-order chi connectivity index (χ0) is 20.6. The van der Waals surface area contributed by atoms with Crippen molar-refractivity contribution in [3.8, 4) is 0 Å². The van der Waals surface area contributed by atoms with Crippen LogP contribution in [-0.2, 0) is 4.43 Å². The molecule has 2 aliphatic rings. The second-order valence-corrected chi connectivity index (χ2v) is 13.8. The van der Waals surface area contributed by atoms with Gasteiger partial charge < -0.3 is 9.53 Å². The van der Waals surface area contributed by atoms with Crippen LogP contribution in [0.3, 0.4) is 0 Å². The third kappa shape index (κ3) is 3.62. The van der Waals surface area contributed by atoms with Gasteiger partial charge >= 0.3 is 6.09 Å². The second-order valence-electron chi connectivity index (χ2n) is 9.46. The summed E-state index contributed by atoms with van der Waals surface area (Å²) >= 11 is 0. The van der Waals surface area contributed by atoms with E-state index in [0.29, 0.717) is 12.5 Å². The van der Waals surface area contributed by atoms with Crippen LogP contribution in [0.5, 0.6) is 0 Å². The van der Waals surface area contributed by atoms with Crippen molar-refractivity contribution >= 4 is 24.8 Å². The molecule has 0 aromatic heterocycles. The minimum absolute atomic E-state index is 0.0575. The number of carbonyl (C=O) groups is 1. The molecule has 29 heavy (non-hydrogen) atoms. The lowest BCUT2D eigenvalue weighted by atomic mass is 10.0. The maximum Gasteiger partial charge on any atom is 0.407 e. The summed E-state index contributed by atoms with van der Waals surface area (Å²) in [6, 6.07) is 21.2. The Morgan fingerprint density at radius 2 is 1.59 bits per heavy atom. The Kier molecular flexibility index (Phi) is 5.30. The SMILES string of the molecule is CC(C)(C)[Si](OC[C@@H]1CC[C@H]2C[C@H]2N1C(=O)O)(c1ccccc1)c1ccccc1. The van der Waals surface area contributed by atoms with E-state index in [1.807, 2.05) is 12.1 Å². The summed E-state index contributed by atoms with van der Waals surface area (Å²) in [6.45, 7) is 7.23. The molecule has 4 rings (SSSR count). The molecule has 1 aliphatic carbocycles. The van der Waals surface area contributed by atoms with E-state index in [1.54, 1.807) is 4.90 Å². The highest BCUT2D eigenvalue weighted by atomic mass is 28.4. The average Bonchev–Trinajstić information content (AvgIpc) is 3.48. The van der Waals surface area contributed by atoms with E-state index in [9.17, 15) is 9.90 Å². The smallest absolute Gasteiger partial charge is 0.407 e. The number of carboxylic acid groups (broad SMARTS) is 1. The van der Waals surface area contributed by atoms with Crippen LogP contribution in [0.15, 0.2) is 60.7 Å². The first kappa shape index (κ1) is 20.2. The van der Waals surface area contributed by atoms with Crippen molar-refractivity contribution in [2.75, 3.05) is 6.61 Å². The van der Waals surface area contributed by atoms with Crippen molar-refractivity contribution < 1.29 is 14.3 Å². The molecule has 1 heterocycles. The van der Waals surface area contributed by atoms with Crippen LogP contribution in [-0.4, -0.2) is 43.1 Å². The van der Waals surface area contributed by atoms with Crippen LogP contribution >= 0.6 is 0 Å². The Bertz CT molecular complexity index is 810. The highest BCUT2D eigenvalue weighted by Gasteiger charge is 2.53. The van der Waals surface area contributed by atoms with Gasteiger partial charge in [-0.05, 0) is 40.6 Å². The molecule has 0 unspecified atom stereocenters. The van der Waals surface area contributed by atoms with E-state index in [-0.39, 0.29) is 17.1 Å². The second kappa shape index (κ2) is 7.61. The Labute approximate surface area is 174 Å². The van der Waals surface area contributed by atoms with E-state index in [0.717, 1.165) is 19.3 Å². The third-order valence-corrected chi connectivity index (χ3v) is 11.6. The van der Waals surface area contributed by atoms with Gasteiger partial charge in [-0.1, -0.05) is 81.4 Å². The van der Waals surface area contributed by atoms with Gasteiger partial charge in [-0.3, -0.25) is 4.90 Å². The van der Waals surface area contributed by atoms with E-state index in [1.165, 1.54) is 10.4 Å². The molecule has 2 aromatic carbocycles. The van der Waals surface area contributed by atoms with Crippen molar-refractivity contribution in [1.29, 1.82) is 0 Å². The Morgan fingerprint density at radius 3 is 2.07 bits per heavy atom. The maximum atomic E-state index is 11.9.